The van der Waals surface area contributed by atoms with Gasteiger partial charge in [-0.15, -0.1) is 0 Å². The van der Waals surface area contributed by atoms with E-state index in [1.54, 1.807) is 30.3 Å². The van der Waals surface area contributed by atoms with Gasteiger partial charge in [0.1, 0.15) is 5.82 Å². The molecule has 3 aromatic rings. The smallest absolute Gasteiger partial charge is 0.165 e. The third-order valence-corrected chi connectivity index (χ3v) is 3.35. The van der Waals surface area contributed by atoms with E-state index in [-0.39, 0.29) is 0 Å². The third-order valence-electron chi connectivity index (χ3n) is 3.35. The van der Waals surface area contributed by atoms with Crippen LogP contribution in [-0.2, 0) is 11.2 Å². The number of rotatable bonds is 5. The summed E-state index contributed by atoms with van der Waals surface area (Å²) in [4.78, 5) is 13.0. The number of nitrogens with two attached hydrogens (primary N) is 1. The molecule has 3 heterocycles. The number of methoxy groups -OCH3 is 1. The number of nitrogen functional groups attached to an aromatic ring is 1. The van der Waals surface area contributed by atoms with E-state index in [1.807, 2.05) is 25.1 Å². The fraction of sp³-hybridized carbons (Fsp3) is 0.250. The summed E-state index contributed by atoms with van der Waals surface area (Å²) in [5.74, 6) is 1.90. The summed E-state index contributed by atoms with van der Waals surface area (Å²) < 4.78 is 6.91. The third kappa shape index (κ3) is 3.35. The van der Waals surface area contributed by atoms with Crippen LogP contribution in [0.2, 0.25) is 0 Å². The highest BCUT2D eigenvalue weighted by Gasteiger charge is 2.14. The second kappa shape index (κ2) is 6.53. The van der Waals surface area contributed by atoms with E-state index in [9.17, 15) is 0 Å². The summed E-state index contributed by atoms with van der Waals surface area (Å²) in [6.07, 6.45) is 4.10. The zero-order valence-corrected chi connectivity index (χ0v) is 13.1. The number of aryl methyl sites for hydroxylation is 1. The molecule has 0 bridgehead atoms. The molecule has 0 aliphatic carbocycles. The molecular weight excluding hydrogens is 292 g/mol. The fourth-order valence-corrected chi connectivity index (χ4v) is 2.22. The molecule has 2 N–H and O–H groups in total. The molecule has 0 saturated heterocycles. The number of nitrogens with zero attached hydrogens (tertiary/aromatic N) is 5. The Kier molecular flexibility index (Phi) is 4.29. The fourth-order valence-electron chi connectivity index (χ4n) is 2.22. The molecule has 118 valence electrons. The largest absolute Gasteiger partial charge is 0.384 e. The quantitative estimate of drug-likeness (QED) is 0.772. The normalized spacial score (nSPS) is 10.9. The average molecular weight is 310 g/mol. The van der Waals surface area contributed by atoms with Gasteiger partial charge in [0.25, 0.3) is 0 Å². The molecule has 0 spiro atoms. The molecule has 0 aliphatic rings. The number of pyridine rings is 2. The van der Waals surface area contributed by atoms with Gasteiger partial charge in [0, 0.05) is 37.2 Å². The minimum atomic E-state index is 0.471. The van der Waals surface area contributed by atoms with E-state index < -0.39 is 0 Å². The zero-order valence-electron chi connectivity index (χ0n) is 13.1. The standard InChI is InChI=1S/C16H18N6O/c1-11-9-13(5-7-18-11)22-16(12-3-4-14(17)19-10-12)20-15(21-22)6-8-23-2/h3-5,7,9-10H,6,8H2,1-2H3,(H2,17,19). The first-order valence-electron chi connectivity index (χ1n) is 7.27. The van der Waals surface area contributed by atoms with Crippen LogP contribution in [0.5, 0.6) is 0 Å². The van der Waals surface area contributed by atoms with Crippen LogP contribution in [0.4, 0.5) is 5.82 Å². The van der Waals surface area contributed by atoms with Crippen molar-refractivity contribution in [3.63, 3.8) is 0 Å². The highest BCUT2D eigenvalue weighted by Crippen LogP contribution is 2.21. The molecule has 7 nitrogen and oxygen atoms in total. The van der Waals surface area contributed by atoms with Crippen molar-refractivity contribution >= 4 is 5.82 Å². The van der Waals surface area contributed by atoms with Gasteiger partial charge in [0.15, 0.2) is 11.6 Å². The molecule has 0 unspecified atom stereocenters. The Balaban J connectivity index is 2.08. The molecule has 0 aromatic carbocycles. The number of hydrogen-bond acceptors (Lipinski definition) is 6. The lowest BCUT2D eigenvalue weighted by Crippen LogP contribution is -2.02. The lowest BCUT2D eigenvalue weighted by molar-refractivity contribution is 0.200. The lowest BCUT2D eigenvalue weighted by Gasteiger charge is -2.06. The first kappa shape index (κ1) is 15.1. The minimum absolute atomic E-state index is 0.471. The molecule has 3 rings (SSSR count). The van der Waals surface area contributed by atoms with Gasteiger partial charge in [-0.2, -0.15) is 5.10 Å². The summed E-state index contributed by atoms with van der Waals surface area (Å²) in [7, 11) is 1.66. The van der Waals surface area contributed by atoms with Gasteiger partial charge in [-0.25, -0.2) is 14.6 Å². The predicted octanol–water partition coefficient (Wildman–Crippen LogP) is 1.80. The predicted molar refractivity (Wildman–Crippen MR) is 87.1 cm³/mol. The minimum Gasteiger partial charge on any atom is -0.384 e. The van der Waals surface area contributed by atoms with Crippen molar-refractivity contribution in [3.8, 4) is 17.1 Å². The Labute approximate surface area is 134 Å². The summed E-state index contributed by atoms with van der Waals surface area (Å²) in [5.41, 5.74) is 8.34. The first-order valence-corrected chi connectivity index (χ1v) is 7.27. The topological polar surface area (TPSA) is 91.7 Å². The van der Waals surface area contributed by atoms with E-state index >= 15 is 0 Å². The van der Waals surface area contributed by atoms with Gasteiger partial charge in [-0.1, -0.05) is 0 Å². The van der Waals surface area contributed by atoms with Gasteiger partial charge in [-0.3, -0.25) is 4.98 Å². The van der Waals surface area contributed by atoms with Crippen LogP contribution in [-0.4, -0.2) is 38.4 Å². The Hall–Kier alpha value is -2.80. The van der Waals surface area contributed by atoms with E-state index in [1.165, 1.54) is 0 Å². The monoisotopic (exact) mass is 310 g/mol. The SMILES string of the molecule is COCCc1nc(-c2ccc(N)nc2)n(-c2ccnc(C)c2)n1. The van der Waals surface area contributed by atoms with E-state index in [0.29, 0.717) is 30.5 Å². The van der Waals surface area contributed by atoms with Crippen molar-refractivity contribution in [2.75, 3.05) is 19.5 Å². The average Bonchev–Trinajstić information content (AvgIpc) is 2.98. The van der Waals surface area contributed by atoms with Gasteiger partial charge in [-0.05, 0) is 31.2 Å². The maximum atomic E-state index is 5.67. The molecule has 0 radical (unpaired) electrons. The maximum Gasteiger partial charge on any atom is 0.165 e. The Morgan fingerprint density at radius 1 is 1.22 bits per heavy atom. The zero-order chi connectivity index (χ0) is 16.2. The Bertz CT molecular complexity index is 797. The van der Waals surface area contributed by atoms with E-state index in [2.05, 4.69) is 20.1 Å². The van der Waals surface area contributed by atoms with E-state index in [0.717, 1.165) is 16.9 Å². The second-order valence-electron chi connectivity index (χ2n) is 5.13. The van der Waals surface area contributed by atoms with Crippen molar-refractivity contribution in [1.82, 2.24) is 24.7 Å². The molecule has 0 saturated carbocycles. The molecular formula is C16H18N6O. The summed E-state index contributed by atoms with van der Waals surface area (Å²) in [6, 6.07) is 7.50. The van der Waals surface area contributed by atoms with Crippen molar-refractivity contribution in [2.24, 2.45) is 0 Å². The Morgan fingerprint density at radius 2 is 2.09 bits per heavy atom. The van der Waals surface area contributed by atoms with Gasteiger partial charge < -0.3 is 10.5 Å². The van der Waals surface area contributed by atoms with Gasteiger partial charge in [0.2, 0.25) is 0 Å². The van der Waals surface area contributed by atoms with E-state index in [4.69, 9.17) is 10.5 Å². The molecule has 0 amide bonds. The molecule has 0 fully saturated rings. The van der Waals surface area contributed by atoms with Crippen molar-refractivity contribution in [1.29, 1.82) is 0 Å². The van der Waals surface area contributed by atoms with Crippen LogP contribution in [0.15, 0.2) is 36.7 Å². The number of anilines is 1. The van der Waals surface area contributed by atoms with Crippen molar-refractivity contribution in [3.05, 3.63) is 48.2 Å². The molecule has 3 aromatic heterocycles. The second-order valence-corrected chi connectivity index (χ2v) is 5.13. The van der Waals surface area contributed by atoms with Gasteiger partial charge >= 0.3 is 0 Å². The molecule has 0 atom stereocenters. The molecule has 0 aliphatic heterocycles. The van der Waals surface area contributed by atoms with Crippen LogP contribution >= 0.6 is 0 Å². The first-order chi connectivity index (χ1) is 11.2. The van der Waals surface area contributed by atoms with Crippen molar-refractivity contribution in [2.45, 2.75) is 13.3 Å². The highest BCUT2D eigenvalue weighted by molar-refractivity contribution is 5.58. The highest BCUT2D eigenvalue weighted by atomic mass is 16.5. The van der Waals surface area contributed by atoms with Gasteiger partial charge in [0.05, 0.1) is 12.3 Å². The van der Waals surface area contributed by atoms with Crippen molar-refractivity contribution < 1.29 is 4.74 Å². The molecule has 23 heavy (non-hydrogen) atoms. The van der Waals surface area contributed by atoms with Crippen LogP contribution in [0.25, 0.3) is 17.1 Å². The maximum absolute atomic E-state index is 5.67. The number of aromatic nitrogens is 5. The van der Waals surface area contributed by atoms with Crippen LogP contribution in [0.3, 0.4) is 0 Å². The van der Waals surface area contributed by atoms with Crippen LogP contribution in [0.1, 0.15) is 11.5 Å². The summed E-state index contributed by atoms with van der Waals surface area (Å²) in [5, 5.41) is 4.60. The Morgan fingerprint density at radius 3 is 2.78 bits per heavy atom. The number of ether oxygens (including phenoxy) is 1. The van der Waals surface area contributed by atoms with Crippen LogP contribution in [0, 0.1) is 6.92 Å². The summed E-state index contributed by atoms with van der Waals surface area (Å²) >= 11 is 0. The van der Waals surface area contributed by atoms with Crippen LogP contribution < -0.4 is 5.73 Å². The lowest BCUT2D eigenvalue weighted by atomic mass is 10.2. The number of hydrogen-bond donors (Lipinski definition) is 1. The summed E-state index contributed by atoms with van der Waals surface area (Å²) in [6.45, 7) is 2.51. The molecule has 7 heteroatoms.